The molecule has 0 saturated heterocycles. The van der Waals surface area contributed by atoms with E-state index in [1.807, 2.05) is 12.1 Å². The number of rotatable bonds is 5. The average molecular weight is 487 g/mol. The van der Waals surface area contributed by atoms with Crippen molar-refractivity contribution in [2.75, 3.05) is 18.4 Å². The lowest BCUT2D eigenvalue weighted by molar-refractivity contribution is -0.763. The molecule has 2 heterocycles. The lowest BCUT2D eigenvalue weighted by Crippen LogP contribution is -2.40. The van der Waals surface area contributed by atoms with Gasteiger partial charge < -0.3 is 14.9 Å². The van der Waals surface area contributed by atoms with Crippen molar-refractivity contribution < 1.29 is 19.5 Å². The molecule has 0 aliphatic carbocycles. The third-order valence-electron chi connectivity index (χ3n) is 4.35. The van der Waals surface area contributed by atoms with Crippen LogP contribution in [-0.2, 0) is 11.4 Å². The number of hydrogen-bond donors (Lipinski definition) is 1. The molecule has 1 aromatic heterocycles. The van der Waals surface area contributed by atoms with Gasteiger partial charge in [0.2, 0.25) is 5.96 Å². The topological polar surface area (TPSA) is 132 Å². The quantitative estimate of drug-likeness (QED) is 0.428. The Balaban J connectivity index is 1.43. The molecule has 0 atom stereocenters. The smallest absolute Gasteiger partial charge is 0.410 e. The summed E-state index contributed by atoms with van der Waals surface area (Å²) in [5, 5.41) is 12.5. The van der Waals surface area contributed by atoms with Gasteiger partial charge in [0.25, 0.3) is 5.09 Å². The lowest BCUT2D eigenvalue weighted by Gasteiger charge is -2.19. The Morgan fingerprint density at radius 2 is 1.97 bits per heavy atom. The second-order valence-electron chi connectivity index (χ2n) is 6.34. The maximum Gasteiger partial charge on any atom is 0.422 e. The summed E-state index contributed by atoms with van der Waals surface area (Å²) in [6.45, 7) is 0.611. The summed E-state index contributed by atoms with van der Waals surface area (Å²) in [4.78, 5) is 41.5. The molecule has 1 aliphatic heterocycles. The Kier molecular flexibility index (Phi) is 5.89. The number of aromatic nitrogens is 2. The molecule has 1 aliphatic rings. The van der Waals surface area contributed by atoms with E-state index in [0.717, 1.165) is 5.52 Å². The van der Waals surface area contributed by atoms with Gasteiger partial charge in [0.15, 0.2) is 0 Å². The van der Waals surface area contributed by atoms with Crippen LogP contribution < -0.4 is 10.1 Å². The van der Waals surface area contributed by atoms with Gasteiger partial charge in [-0.2, -0.15) is 0 Å². The number of fused-ring (bicyclic) bond motifs is 1. The summed E-state index contributed by atoms with van der Waals surface area (Å²) in [5.74, 6) is 0.646. The van der Waals surface area contributed by atoms with E-state index in [-0.39, 0.29) is 6.61 Å². The number of amides is 1. The zero-order valence-corrected chi connectivity index (χ0v) is 17.5. The minimum absolute atomic E-state index is 0.181. The van der Waals surface area contributed by atoms with Crippen LogP contribution in [0.1, 0.15) is 5.56 Å². The first-order valence-corrected chi connectivity index (χ1v) is 9.87. The number of hydrogen-bond acceptors (Lipinski definition) is 9. The number of benzene rings is 2. The van der Waals surface area contributed by atoms with Crippen LogP contribution in [0.15, 0.2) is 58.3 Å². The summed E-state index contributed by atoms with van der Waals surface area (Å²) >= 11 is 3.52. The zero-order chi connectivity index (χ0) is 21.8. The summed E-state index contributed by atoms with van der Waals surface area (Å²) < 4.78 is 6.11. The Morgan fingerprint density at radius 3 is 2.74 bits per heavy atom. The van der Waals surface area contributed by atoms with Crippen LogP contribution in [0.3, 0.4) is 0 Å². The van der Waals surface area contributed by atoms with Gasteiger partial charge in [0.1, 0.15) is 17.9 Å². The van der Waals surface area contributed by atoms with Gasteiger partial charge in [0.05, 0.1) is 28.8 Å². The van der Waals surface area contributed by atoms with E-state index in [1.165, 1.54) is 17.0 Å². The van der Waals surface area contributed by atoms with Gasteiger partial charge in [-0.1, -0.05) is 12.1 Å². The van der Waals surface area contributed by atoms with E-state index < -0.39 is 11.2 Å². The fourth-order valence-electron chi connectivity index (χ4n) is 2.89. The van der Waals surface area contributed by atoms with Crippen molar-refractivity contribution in [3.63, 3.8) is 0 Å². The monoisotopic (exact) mass is 486 g/mol. The molecule has 1 N–H and O–H groups in total. The van der Waals surface area contributed by atoms with Gasteiger partial charge in [-0.15, -0.1) is 10.1 Å². The molecule has 12 heteroatoms. The van der Waals surface area contributed by atoms with Crippen LogP contribution in [0.2, 0.25) is 0 Å². The summed E-state index contributed by atoms with van der Waals surface area (Å²) in [5.41, 5.74) is 2.67. The molecule has 4 rings (SSSR count). The number of anilines is 1. The molecule has 158 valence electrons. The fourth-order valence-corrected chi connectivity index (χ4v) is 3.43. The predicted octanol–water partition coefficient (Wildman–Crippen LogP) is 3.38. The number of nitrogens with one attached hydrogen (secondary N) is 1. The third kappa shape index (κ3) is 4.69. The first-order valence-electron chi connectivity index (χ1n) is 9.07. The van der Waals surface area contributed by atoms with Crippen molar-refractivity contribution in [2.24, 2.45) is 4.99 Å². The van der Waals surface area contributed by atoms with Gasteiger partial charge in [0, 0.05) is 12.4 Å². The summed E-state index contributed by atoms with van der Waals surface area (Å²) in [6.07, 6.45) is 2.61. The highest BCUT2D eigenvalue weighted by Crippen LogP contribution is 2.29. The van der Waals surface area contributed by atoms with Crippen LogP contribution in [0.25, 0.3) is 11.0 Å². The number of aliphatic imine (C=N–C) groups is 1. The van der Waals surface area contributed by atoms with Crippen molar-refractivity contribution in [1.29, 1.82) is 0 Å². The number of nitrogens with zero attached hydrogens (tertiary/aromatic N) is 5. The number of guanidine groups is 1. The summed E-state index contributed by atoms with van der Waals surface area (Å²) in [6, 6.07) is 9.87. The number of carbonyl (C=O) groups is 1. The molecule has 0 saturated carbocycles. The highest BCUT2D eigenvalue weighted by molar-refractivity contribution is 9.10. The first kappa shape index (κ1) is 20.5. The minimum atomic E-state index is -0.865. The SMILES string of the molecule is O=C(Oc1ccc(CO[N+](=O)[O-])cc1)N1CCN=C1Nc1ccc2nccnc2c1Br. The van der Waals surface area contributed by atoms with Gasteiger partial charge in [-0.25, -0.2) is 9.69 Å². The standard InChI is InChI=1S/C19H15BrN6O5/c20-16-14(5-6-15-17(16)22-8-7-21-15)24-18-23-9-10-25(18)19(27)31-13-3-1-12(2-4-13)11-30-26(28)29/h1-8H,9-11H2,(H,23,24). The molecule has 0 spiro atoms. The molecule has 31 heavy (non-hydrogen) atoms. The largest absolute Gasteiger partial charge is 0.422 e. The lowest BCUT2D eigenvalue weighted by atomic mass is 10.2. The molecular formula is C19H15BrN6O5. The van der Waals surface area contributed by atoms with Crippen LogP contribution in [0.4, 0.5) is 10.5 Å². The number of ether oxygens (including phenoxy) is 1. The Labute approximate surface area is 183 Å². The third-order valence-corrected chi connectivity index (χ3v) is 5.15. The molecular weight excluding hydrogens is 472 g/mol. The van der Waals surface area contributed by atoms with E-state index >= 15 is 0 Å². The van der Waals surface area contributed by atoms with Crippen LogP contribution in [0.5, 0.6) is 5.75 Å². The molecule has 2 aromatic carbocycles. The molecule has 0 radical (unpaired) electrons. The molecule has 0 fully saturated rings. The molecule has 0 unspecified atom stereocenters. The summed E-state index contributed by atoms with van der Waals surface area (Å²) in [7, 11) is 0. The highest BCUT2D eigenvalue weighted by atomic mass is 79.9. The molecule has 3 aromatic rings. The molecule has 0 bridgehead atoms. The van der Waals surface area contributed by atoms with Crippen molar-refractivity contribution in [3.05, 3.63) is 68.9 Å². The van der Waals surface area contributed by atoms with E-state index in [4.69, 9.17) is 4.74 Å². The highest BCUT2D eigenvalue weighted by Gasteiger charge is 2.26. The van der Waals surface area contributed by atoms with Gasteiger partial charge in [-0.3, -0.25) is 15.0 Å². The van der Waals surface area contributed by atoms with Gasteiger partial charge in [-0.05, 0) is 45.8 Å². The Hall–Kier alpha value is -3.80. The van der Waals surface area contributed by atoms with Gasteiger partial charge >= 0.3 is 6.09 Å². The van der Waals surface area contributed by atoms with E-state index in [1.54, 1.807) is 24.5 Å². The zero-order valence-electron chi connectivity index (χ0n) is 15.9. The Morgan fingerprint density at radius 1 is 1.19 bits per heavy atom. The van der Waals surface area contributed by atoms with E-state index in [9.17, 15) is 14.9 Å². The molecule has 11 nitrogen and oxygen atoms in total. The molecule has 1 amide bonds. The predicted molar refractivity (Wildman–Crippen MR) is 114 cm³/mol. The van der Waals surface area contributed by atoms with E-state index in [2.05, 4.69) is 41.0 Å². The second kappa shape index (κ2) is 8.92. The maximum absolute atomic E-state index is 12.6. The average Bonchev–Trinajstić information content (AvgIpc) is 3.24. The van der Waals surface area contributed by atoms with Crippen LogP contribution >= 0.6 is 15.9 Å². The van der Waals surface area contributed by atoms with Crippen molar-refractivity contribution >= 4 is 44.7 Å². The number of halogens is 1. The van der Waals surface area contributed by atoms with Crippen LogP contribution in [-0.4, -0.2) is 45.1 Å². The van der Waals surface area contributed by atoms with Crippen LogP contribution in [0, 0.1) is 10.1 Å². The Bertz CT molecular complexity index is 1170. The van der Waals surface area contributed by atoms with Crippen molar-refractivity contribution in [2.45, 2.75) is 6.61 Å². The van der Waals surface area contributed by atoms with Crippen molar-refractivity contribution in [1.82, 2.24) is 14.9 Å². The normalized spacial score (nSPS) is 13.1. The maximum atomic E-state index is 12.6. The fraction of sp³-hybridized carbons (Fsp3) is 0.158. The minimum Gasteiger partial charge on any atom is -0.410 e. The number of carbonyl (C=O) groups excluding carboxylic acids is 1. The van der Waals surface area contributed by atoms with E-state index in [0.29, 0.717) is 46.0 Å². The van der Waals surface area contributed by atoms with Crippen molar-refractivity contribution in [3.8, 4) is 5.75 Å². The second-order valence-corrected chi connectivity index (χ2v) is 7.14. The first-order chi connectivity index (χ1) is 15.0.